The molecular weight excluding hydrogens is 376 g/mol. The Bertz CT molecular complexity index is 715. The van der Waals surface area contributed by atoms with Crippen molar-refractivity contribution in [3.05, 3.63) is 65.2 Å². The predicted octanol–water partition coefficient (Wildman–Crippen LogP) is 4.77. The first-order valence-corrected chi connectivity index (χ1v) is 12.4. The molecule has 1 aliphatic heterocycles. The molecule has 144 valence electrons. The van der Waals surface area contributed by atoms with Gasteiger partial charge in [-0.15, -0.1) is 0 Å². The Kier molecular flexibility index (Phi) is 7.47. The molecule has 3 rings (SSSR count). The van der Waals surface area contributed by atoms with Gasteiger partial charge in [-0.05, 0) is 48.8 Å². The molecule has 0 amide bonds. The number of hydrogen-bond donors (Lipinski definition) is 0. The summed E-state index contributed by atoms with van der Waals surface area (Å²) in [5.41, 5.74) is 2.30. The second kappa shape index (κ2) is 10.0. The largest absolute Gasteiger partial charge is 0.392 e. The SMILES string of the molecule is C[Si]1(CCCN=Cc2ccc(Cl)cc2)OCCN(c2ccccc2)CCO1. The summed E-state index contributed by atoms with van der Waals surface area (Å²) < 4.78 is 12.4. The molecule has 0 N–H and O–H groups in total. The van der Waals surface area contributed by atoms with E-state index >= 15 is 0 Å². The quantitative estimate of drug-likeness (QED) is 0.396. The number of aliphatic imine (C=N–C) groups is 1. The van der Waals surface area contributed by atoms with Gasteiger partial charge in [-0.1, -0.05) is 41.9 Å². The van der Waals surface area contributed by atoms with Crippen molar-refractivity contribution in [1.29, 1.82) is 0 Å². The van der Waals surface area contributed by atoms with Crippen molar-refractivity contribution in [2.45, 2.75) is 19.0 Å². The van der Waals surface area contributed by atoms with Crippen molar-refractivity contribution in [1.82, 2.24) is 0 Å². The van der Waals surface area contributed by atoms with E-state index in [9.17, 15) is 0 Å². The minimum atomic E-state index is -2.10. The van der Waals surface area contributed by atoms with Crippen LogP contribution in [0.2, 0.25) is 17.6 Å². The predicted molar refractivity (Wildman–Crippen MR) is 116 cm³/mol. The third kappa shape index (κ3) is 6.47. The fourth-order valence-electron chi connectivity index (χ4n) is 3.15. The first kappa shape index (κ1) is 20.1. The molecule has 1 saturated heterocycles. The molecule has 1 fully saturated rings. The van der Waals surface area contributed by atoms with E-state index in [1.54, 1.807) is 0 Å². The maximum Gasteiger partial charge on any atom is 0.335 e. The van der Waals surface area contributed by atoms with Crippen LogP contribution in [-0.4, -0.2) is 47.6 Å². The fourth-order valence-corrected chi connectivity index (χ4v) is 5.49. The number of benzene rings is 2. The first-order valence-electron chi connectivity index (χ1n) is 9.48. The van der Waals surface area contributed by atoms with Crippen molar-refractivity contribution in [2.24, 2.45) is 4.99 Å². The molecule has 0 atom stereocenters. The highest BCUT2D eigenvalue weighted by Gasteiger charge is 2.32. The van der Waals surface area contributed by atoms with E-state index in [4.69, 9.17) is 20.5 Å². The maximum absolute atomic E-state index is 6.21. The molecule has 1 heterocycles. The lowest BCUT2D eigenvalue weighted by molar-refractivity contribution is 0.164. The van der Waals surface area contributed by atoms with Gasteiger partial charge in [0.1, 0.15) is 0 Å². The van der Waals surface area contributed by atoms with Crippen molar-refractivity contribution in [3.63, 3.8) is 0 Å². The third-order valence-corrected chi connectivity index (χ3v) is 7.83. The second-order valence-corrected chi connectivity index (χ2v) is 10.6. The summed E-state index contributed by atoms with van der Waals surface area (Å²) in [6, 6.07) is 19.1. The van der Waals surface area contributed by atoms with E-state index in [-0.39, 0.29) is 0 Å². The molecule has 0 unspecified atom stereocenters. The molecule has 1 aliphatic rings. The summed E-state index contributed by atoms with van der Waals surface area (Å²) in [4.78, 5) is 6.84. The van der Waals surface area contributed by atoms with Crippen LogP contribution in [0.5, 0.6) is 0 Å². The Morgan fingerprint density at radius 2 is 1.70 bits per heavy atom. The van der Waals surface area contributed by atoms with Gasteiger partial charge in [0.15, 0.2) is 0 Å². The molecule has 4 nitrogen and oxygen atoms in total. The lowest BCUT2D eigenvalue weighted by Crippen LogP contribution is -2.46. The maximum atomic E-state index is 6.21. The van der Waals surface area contributed by atoms with Crippen LogP contribution in [-0.2, 0) is 8.85 Å². The number of rotatable bonds is 6. The number of anilines is 1. The Hall–Kier alpha value is -1.66. The lowest BCUT2D eigenvalue weighted by Gasteiger charge is -2.34. The van der Waals surface area contributed by atoms with Gasteiger partial charge in [0.05, 0.1) is 13.2 Å². The fraction of sp³-hybridized carbons (Fsp3) is 0.381. The highest BCUT2D eigenvalue weighted by Crippen LogP contribution is 2.20. The van der Waals surface area contributed by atoms with Gasteiger partial charge in [-0.3, -0.25) is 4.99 Å². The van der Waals surface area contributed by atoms with Crippen LogP contribution in [0.25, 0.3) is 0 Å². The highest BCUT2D eigenvalue weighted by atomic mass is 35.5. The van der Waals surface area contributed by atoms with Gasteiger partial charge in [0, 0.05) is 36.6 Å². The zero-order valence-corrected chi connectivity index (χ0v) is 17.6. The second-order valence-electron chi connectivity index (χ2n) is 6.84. The van der Waals surface area contributed by atoms with Crippen LogP contribution in [0.1, 0.15) is 12.0 Å². The Labute approximate surface area is 168 Å². The molecule has 0 bridgehead atoms. The van der Waals surface area contributed by atoms with E-state index in [2.05, 4.69) is 40.7 Å². The molecule has 0 saturated carbocycles. The van der Waals surface area contributed by atoms with E-state index in [0.29, 0.717) is 13.2 Å². The number of halogens is 1. The number of hydrogen-bond acceptors (Lipinski definition) is 4. The van der Waals surface area contributed by atoms with E-state index in [1.807, 2.05) is 36.5 Å². The third-order valence-electron chi connectivity index (χ3n) is 4.69. The van der Waals surface area contributed by atoms with Crippen LogP contribution in [0.4, 0.5) is 5.69 Å². The number of para-hydroxylation sites is 1. The topological polar surface area (TPSA) is 34.1 Å². The van der Waals surface area contributed by atoms with Crippen LogP contribution < -0.4 is 4.90 Å². The van der Waals surface area contributed by atoms with Gasteiger partial charge in [-0.2, -0.15) is 0 Å². The van der Waals surface area contributed by atoms with Crippen LogP contribution >= 0.6 is 11.6 Å². The summed E-state index contributed by atoms with van der Waals surface area (Å²) in [6.07, 6.45) is 2.88. The highest BCUT2D eigenvalue weighted by molar-refractivity contribution is 6.66. The normalized spacial score (nSPS) is 17.6. The molecule has 0 aliphatic carbocycles. The molecule has 2 aromatic rings. The molecule has 0 radical (unpaired) electrons. The standard InChI is InChI=1S/C21H27ClN2O2Si/c1-27(17-5-12-23-18-19-8-10-20(22)11-9-19)25-15-13-24(14-16-26-27)21-6-3-2-4-7-21/h2-4,6-11,18H,5,12-17H2,1H3. The average Bonchev–Trinajstić information content (AvgIpc) is 2.67. The molecule has 6 heteroatoms. The van der Waals surface area contributed by atoms with Crippen LogP contribution in [0.3, 0.4) is 0 Å². The molecular formula is C21H27ClN2O2Si. The summed E-state index contributed by atoms with van der Waals surface area (Å²) in [7, 11) is -2.10. The monoisotopic (exact) mass is 402 g/mol. The van der Waals surface area contributed by atoms with E-state index < -0.39 is 8.56 Å². The van der Waals surface area contributed by atoms with Crippen LogP contribution in [0.15, 0.2) is 59.6 Å². The summed E-state index contributed by atoms with van der Waals surface area (Å²) in [6.45, 7) is 6.20. The molecule has 27 heavy (non-hydrogen) atoms. The molecule has 0 spiro atoms. The minimum Gasteiger partial charge on any atom is -0.392 e. The van der Waals surface area contributed by atoms with Gasteiger partial charge in [-0.25, -0.2) is 0 Å². The smallest absolute Gasteiger partial charge is 0.335 e. The summed E-state index contributed by atoms with van der Waals surface area (Å²) in [5.74, 6) is 0. The van der Waals surface area contributed by atoms with E-state index in [1.165, 1.54) is 5.69 Å². The van der Waals surface area contributed by atoms with Gasteiger partial charge < -0.3 is 13.8 Å². The molecule has 2 aromatic carbocycles. The number of nitrogens with zero attached hydrogens (tertiary/aromatic N) is 2. The molecule has 0 aromatic heterocycles. The van der Waals surface area contributed by atoms with Gasteiger partial charge in [0.25, 0.3) is 0 Å². The Morgan fingerprint density at radius 1 is 1.04 bits per heavy atom. The zero-order valence-electron chi connectivity index (χ0n) is 15.8. The van der Waals surface area contributed by atoms with Crippen molar-refractivity contribution in [2.75, 3.05) is 37.7 Å². The minimum absolute atomic E-state index is 0.714. The van der Waals surface area contributed by atoms with E-state index in [0.717, 1.165) is 42.7 Å². The summed E-state index contributed by atoms with van der Waals surface area (Å²) in [5, 5.41) is 0.746. The average molecular weight is 403 g/mol. The van der Waals surface area contributed by atoms with Crippen molar-refractivity contribution in [3.8, 4) is 0 Å². The summed E-state index contributed by atoms with van der Waals surface area (Å²) >= 11 is 5.89. The Morgan fingerprint density at radius 3 is 2.37 bits per heavy atom. The van der Waals surface area contributed by atoms with Crippen LogP contribution in [0, 0.1) is 0 Å². The van der Waals surface area contributed by atoms with Crippen molar-refractivity contribution >= 4 is 32.1 Å². The van der Waals surface area contributed by atoms with Gasteiger partial charge >= 0.3 is 8.56 Å². The first-order chi connectivity index (χ1) is 13.1. The van der Waals surface area contributed by atoms with Crippen molar-refractivity contribution < 1.29 is 8.85 Å². The zero-order chi connectivity index (χ0) is 19.0. The Balaban J connectivity index is 1.42. The van der Waals surface area contributed by atoms with Gasteiger partial charge in [0.2, 0.25) is 0 Å². The lowest BCUT2D eigenvalue weighted by atomic mass is 10.2.